The molecule has 3 rings (SSSR count). The van der Waals surface area contributed by atoms with Crippen molar-refractivity contribution in [2.45, 2.75) is 0 Å². The molecule has 0 unspecified atom stereocenters. The van der Waals surface area contributed by atoms with Crippen LogP contribution < -0.4 is 20.7 Å². The Kier molecular flexibility index (Phi) is 4.22. The first-order valence-corrected chi connectivity index (χ1v) is 8.96. The highest BCUT2D eigenvalue weighted by Gasteiger charge is 2.33. The van der Waals surface area contributed by atoms with E-state index < -0.39 is 7.14 Å². The van der Waals surface area contributed by atoms with E-state index in [2.05, 4.69) is 0 Å². The number of hydrogen-bond acceptors (Lipinski definition) is 3. The highest BCUT2D eigenvalue weighted by atomic mass is 31.2. The van der Waals surface area contributed by atoms with Gasteiger partial charge in [-0.05, 0) is 12.1 Å². The van der Waals surface area contributed by atoms with E-state index in [4.69, 9.17) is 4.74 Å². The van der Waals surface area contributed by atoms with Gasteiger partial charge in [-0.1, -0.05) is 66.7 Å². The van der Waals surface area contributed by atoms with Gasteiger partial charge in [0.15, 0.2) is 18.6 Å². The second-order valence-electron chi connectivity index (χ2n) is 5.11. The predicted molar refractivity (Wildman–Crippen MR) is 94.1 cm³/mol. The van der Waals surface area contributed by atoms with Gasteiger partial charge >= 0.3 is 0 Å². The van der Waals surface area contributed by atoms with Gasteiger partial charge in [-0.15, -0.1) is 0 Å². The normalized spacial score (nSPS) is 11.2. The number of phenols is 1. The van der Waals surface area contributed by atoms with Crippen LogP contribution in [-0.4, -0.2) is 12.2 Å². The molecule has 0 heterocycles. The zero-order valence-electron chi connectivity index (χ0n) is 12.7. The average Bonchev–Trinajstić information content (AvgIpc) is 2.63. The second kappa shape index (κ2) is 6.31. The molecule has 0 fully saturated rings. The molecule has 23 heavy (non-hydrogen) atoms. The summed E-state index contributed by atoms with van der Waals surface area (Å²) in [5.74, 6) is 0.237. The third-order valence-corrected chi connectivity index (χ3v) is 6.87. The standard InChI is InChI=1S/C19H17O3P/c1-22-17-13-8-14-18(19(17)20)23(21,15-9-4-2-5-10-15)16-11-6-3-7-12-16/h2-14,20H,1H3. The molecule has 0 bridgehead atoms. The van der Waals surface area contributed by atoms with E-state index in [1.54, 1.807) is 18.2 Å². The minimum absolute atomic E-state index is 0.0777. The number of benzene rings is 3. The lowest BCUT2D eigenvalue weighted by atomic mass is 10.3. The minimum atomic E-state index is -3.18. The van der Waals surface area contributed by atoms with E-state index in [0.29, 0.717) is 21.7 Å². The minimum Gasteiger partial charge on any atom is -0.504 e. The molecule has 0 aromatic heterocycles. The zero-order chi connectivity index (χ0) is 16.3. The summed E-state index contributed by atoms with van der Waals surface area (Å²) in [7, 11) is -1.70. The van der Waals surface area contributed by atoms with Gasteiger partial charge in [-0.25, -0.2) is 0 Å². The lowest BCUT2D eigenvalue weighted by Gasteiger charge is -2.21. The molecular weight excluding hydrogens is 307 g/mol. The van der Waals surface area contributed by atoms with Crippen LogP contribution in [0.25, 0.3) is 0 Å². The summed E-state index contributed by atoms with van der Waals surface area (Å²) in [6.07, 6.45) is 0. The van der Waals surface area contributed by atoms with Crippen LogP contribution in [-0.2, 0) is 4.57 Å². The number of rotatable bonds is 4. The lowest BCUT2D eigenvalue weighted by molar-refractivity contribution is 0.375. The van der Waals surface area contributed by atoms with Crippen molar-refractivity contribution in [1.82, 2.24) is 0 Å². The van der Waals surface area contributed by atoms with Gasteiger partial charge in [0.2, 0.25) is 0 Å². The third-order valence-electron chi connectivity index (χ3n) is 3.78. The summed E-state index contributed by atoms with van der Waals surface area (Å²) in [4.78, 5) is 0. The van der Waals surface area contributed by atoms with E-state index in [1.807, 2.05) is 60.7 Å². The first-order chi connectivity index (χ1) is 11.2. The molecule has 0 amide bonds. The second-order valence-corrected chi connectivity index (χ2v) is 7.84. The fourth-order valence-electron chi connectivity index (χ4n) is 2.63. The Morgan fingerprint density at radius 2 is 1.30 bits per heavy atom. The topological polar surface area (TPSA) is 46.5 Å². The molecule has 3 nitrogen and oxygen atoms in total. The fourth-order valence-corrected chi connectivity index (χ4v) is 5.38. The average molecular weight is 324 g/mol. The number of aromatic hydroxyl groups is 1. The molecule has 0 aliphatic carbocycles. The van der Waals surface area contributed by atoms with E-state index in [-0.39, 0.29) is 5.75 Å². The van der Waals surface area contributed by atoms with Crippen LogP contribution in [0.2, 0.25) is 0 Å². The maximum Gasteiger partial charge on any atom is 0.174 e. The Labute approximate surface area is 135 Å². The van der Waals surface area contributed by atoms with E-state index >= 15 is 0 Å². The van der Waals surface area contributed by atoms with Gasteiger partial charge in [-0.3, -0.25) is 0 Å². The molecule has 0 atom stereocenters. The molecule has 0 saturated carbocycles. The summed E-state index contributed by atoms with van der Waals surface area (Å²) in [5.41, 5.74) is 0. The summed E-state index contributed by atoms with van der Waals surface area (Å²) in [6.45, 7) is 0. The molecule has 0 aliphatic heterocycles. The molecule has 4 heteroatoms. The van der Waals surface area contributed by atoms with Crippen molar-refractivity contribution < 1.29 is 14.4 Å². The first-order valence-electron chi connectivity index (χ1n) is 7.25. The fraction of sp³-hybridized carbons (Fsp3) is 0.0526. The van der Waals surface area contributed by atoms with Gasteiger partial charge in [0, 0.05) is 10.6 Å². The number of ether oxygens (including phenoxy) is 1. The molecule has 1 N–H and O–H groups in total. The molecular formula is C19H17O3P. The number of phenolic OH excluding ortho intramolecular Hbond substituents is 1. The predicted octanol–water partition coefficient (Wildman–Crippen LogP) is 3.04. The highest BCUT2D eigenvalue weighted by molar-refractivity contribution is 7.85. The van der Waals surface area contributed by atoms with Crippen LogP contribution in [0.15, 0.2) is 78.9 Å². The molecule has 116 valence electrons. The molecule has 0 spiro atoms. The number of methoxy groups -OCH3 is 1. The van der Waals surface area contributed by atoms with Crippen LogP contribution in [0, 0.1) is 0 Å². The number of hydrogen-bond donors (Lipinski definition) is 1. The van der Waals surface area contributed by atoms with Gasteiger partial charge in [0.05, 0.1) is 12.4 Å². The monoisotopic (exact) mass is 324 g/mol. The third kappa shape index (κ3) is 2.64. The van der Waals surface area contributed by atoms with Crippen LogP contribution in [0.1, 0.15) is 0 Å². The maximum absolute atomic E-state index is 14.1. The van der Waals surface area contributed by atoms with Crippen LogP contribution in [0.3, 0.4) is 0 Å². The van der Waals surface area contributed by atoms with E-state index in [0.717, 1.165) is 0 Å². The van der Waals surface area contributed by atoms with Crippen LogP contribution >= 0.6 is 7.14 Å². The van der Waals surface area contributed by atoms with Crippen molar-refractivity contribution >= 4 is 23.1 Å². The molecule has 3 aromatic rings. The van der Waals surface area contributed by atoms with Gasteiger partial charge < -0.3 is 14.4 Å². The summed E-state index contributed by atoms with van der Waals surface area (Å²) in [5, 5.41) is 12.3. The van der Waals surface area contributed by atoms with Crippen LogP contribution in [0.5, 0.6) is 11.5 Å². The van der Waals surface area contributed by atoms with Crippen molar-refractivity contribution in [2.24, 2.45) is 0 Å². The first kappa shape index (κ1) is 15.4. The zero-order valence-corrected chi connectivity index (χ0v) is 13.6. The maximum atomic E-state index is 14.1. The Balaban J connectivity index is 2.33. The quantitative estimate of drug-likeness (QED) is 0.750. The van der Waals surface area contributed by atoms with Crippen molar-refractivity contribution in [1.29, 1.82) is 0 Å². The molecule has 0 saturated heterocycles. The van der Waals surface area contributed by atoms with Gasteiger partial charge in [0.25, 0.3) is 0 Å². The largest absolute Gasteiger partial charge is 0.504 e. The Morgan fingerprint density at radius 3 is 1.78 bits per heavy atom. The van der Waals surface area contributed by atoms with Gasteiger partial charge in [-0.2, -0.15) is 0 Å². The van der Waals surface area contributed by atoms with Crippen molar-refractivity contribution in [3.05, 3.63) is 78.9 Å². The van der Waals surface area contributed by atoms with Crippen molar-refractivity contribution in [3.63, 3.8) is 0 Å². The lowest BCUT2D eigenvalue weighted by Crippen LogP contribution is -2.25. The molecule has 0 aliphatic rings. The molecule has 3 aromatic carbocycles. The van der Waals surface area contributed by atoms with E-state index in [9.17, 15) is 9.67 Å². The SMILES string of the molecule is COc1cccc(P(=O)(c2ccccc2)c2ccccc2)c1O. The summed E-state index contributed by atoms with van der Waals surface area (Å²) in [6, 6.07) is 23.5. The Bertz CT molecular complexity index is 802. The molecule has 0 radical (unpaired) electrons. The smallest absolute Gasteiger partial charge is 0.174 e. The van der Waals surface area contributed by atoms with E-state index in [1.165, 1.54) is 7.11 Å². The Hall–Kier alpha value is -2.51. The van der Waals surface area contributed by atoms with Crippen molar-refractivity contribution in [2.75, 3.05) is 7.11 Å². The summed E-state index contributed by atoms with van der Waals surface area (Å²) >= 11 is 0. The van der Waals surface area contributed by atoms with Crippen LogP contribution in [0.4, 0.5) is 0 Å². The number of para-hydroxylation sites is 1. The van der Waals surface area contributed by atoms with Crippen molar-refractivity contribution in [3.8, 4) is 11.5 Å². The summed E-state index contributed by atoms with van der Waals surface area (Å²) < 4.78 is 19.3. The highest BCUT2D eigenvalue weighted by Crippen LogP contribution is 2.46. The van der Waals surface area contributed by atoms with Gasteiger partial charge in [0.1, 0.15) is 0 Å². The Morgan fingerprint density at radius 1 is 0.783 bits per heavy atom.